The van der Waals surface area contributed by atoms with Crippen molar-refractivity contribution in [3.8, 4) is 0 Å². The second kappa shape index (κ2) is 8.01. The molecule has 0 saturated carbocycles. The average molecular weight is 345 g/mol. The maximum atomic E-state index is 12.5. The summed E-state index contributed by atoms with van der Waals surface area (Å²) in [6.45, 7) is 6.21. The monoisotopic (exact) mass is 345 g/mol. The molecule has 1 aromatic heterocycles. The lowest BCUT2D eigenvalue weighted by atomic mass is 10.0. The summed E-state index contributed by atoms with van der Waals surface area (Å²) >= 11 is 1.26. The van der Waals surface area contributed by atoms with Crippen molar-refractivity contribution in [3.05, 3.63) is 35.9 Å². The molecule has 2 aromatic rings. The van der Waals surface area contributed by atoms with Gasteiger partial charge in [-0.2, -0.15) is 0 Å². The molecule has 128 valence electrons. The van der Waals surface area contributed by atoms with Crippen LogP contribution in [0, 0.1) is 0 Å². The summed E-state index contributed by atoms with van der Waals surface area (Å²) in [5.74, 6) is 0.957. The van der Waals surface area contributed by atoms with Crippen LogP contribution in [0.2, 0.25) is 0 Å². The fourth-order valence-corrected chi connectivity index (χ4v) is 3.04. The van der Waals surface area contributed by atoms with Gasteiger partial charge in [0.1, 0.15) is 11.6 Å². The highest BCUT2D eigenvalue weighted by Crippen LogP contribution is 2.25. The van der Waals surface area contributed by atoms with Crippen molar-refractivity contribution >= 4 is 35.0 Å². The molecule has 0 aliphatic rings. The van der Waals surface area contributed by atoms with Gasteiger partial charge in [-0.05, 0) is 30.0 Å². The Morgan fingerprint density at radius 1 is 1.17 bits per heavy atom. The third-order valence-electron chi connectivity index (χ3n) is 3.50. The molecular formula is C17H23N5OS. The van der Waals surface area contributed by atoms with Gasteiger partial charge in [0.15, 0.2) is 5.16 Å². The minimum atomic E-state index is -0.323. The molecule has 6 nitrogen and oxygen atoms in total. The van der Waals surface area contributed by atoms with Gasteiger partial charge >= 0.3 is 0 Å². The number of carbonyl (C=O) groups is 1. The molecule has 1 aromatic carbocycles. The molecular weight excluding hydrogens is 322 g/mol. The molecule has 0 saturated heterocycles. The predicted molar refractivity (Wildman–Crippen MR) is 100.0 cm³/mol. The van der Waals surface area contributed by atoms with Crippen LogP contribution in [0.25, 0.3) is 0 Å². The highest BCUT2D eigenvalue weighted by molar-refractivity contribution is 8.00. The number of aromatic nitrogens is 2. The molecule has 0 aliphatic carbocycles. The van der Waals surface area contributed by atoms with E-state index in [-0.39, 0.29) is 11.2 Å². The molecule has 24 heavy (non-hydrogen) atoms. The summed E-state index contributed by atoms with van der Waals surface area (Å²) in [5, 5.41) is 3.01. The van der Waals surface area contributed by atoms with E-state index in [2.05, 4.69) is 29.1 Å². The van der Waals surface area contributed by atoms with E-state index in [9.17, 15) is 4.79 Å². The lowest BCUT2D eigenvalue weighted by Gasteiger charge is -2.15. The number of anilines is 3. The van der Waals surface area contributed by atoms with Crippen LogP contribution in [0.15, 0.2) is 35.5 Å². The van der Waals surface area contributed by atoms with E-state index < -0.39 is 0 Å². The van der Waals surface area contributed by atoms with Crippen LogP contribution in [0.5, 0.6) is 0 Å². The Hall–Kier alpha value is -2.28. The second-order valence-electron chi connectivity index (χ2n) is 5.78. The Morgan fingerprint density at radius 3 is 2.25 bits per heavy atom. The van der Waals surface area contributed by atoms with Crippen molar-refractivity contribution in [2.24, 2.45) is 0 Å². The first-order chi connectivity index (χ1) is 11.4. The minimum Gasteiger partial charge on any atom is -0.383 e. The number of amides is 1. The maximum absolute atomic E-state index is 12.5. The molecule has 1 heterocycles. The Bertz CT molecular complexity index is 682. The third-order valence-corrected chi connectivity index (χ3v) is 4.73. The quantitative estimate of drug-likeness (QED) is 0.548. The molecule has 7 heteroatoms. The number of nitrogens with zero attached hydrogens (tertiary/aromatic N) is 2. The average Bonchev–Trinajstić information content (AvgIpc) is 2.52. The van der Waals surface area contributed by atoms with Crippen LogP contribution in [0.1, 0.15) is 38.7 Å². The van der Waals surface area contributed by atoms with Crippen molar-refractivity contribution in [1.82, 2.24) is 9.97 Å². The van der Waals surface area contributed by atoms with Gasteiger partial charge in [0.2, 0.25) is 5.91 Å². The highest BCUT2D eigenvalue weighted by atomic mass is 32.2. The number of carbonyl (C=O) groups excluding carboxylic acids is 1. The molecule has 1 unspecified atom stereocenters. The summed E-state index contributed by atoms with van der Waals surface area (Å²) < 4.78 is 0. The molecule has 0 bridgehead atoms. The van der Waals surface area contributed by atoms with Crippen molar-refractivity contribution in [3.63, 3.8) is 0 Å². The fourth-order valence-electron chi connectivity index (χ4n) is 2.14. The van der Waals surface area contributed by atoms with Crippen LogP contribution < -0.4 is 16.8 Å². The molecule has 5 N–H and O–H groups in total. The Labute approximate surface area is 146 Å². The molecule has 0 fully saturated rings. The van der Waals surface area contributed by atoms with E-state index in [1.165, 1.54) is 23.4 Å². The first-order valence-electron chi connectivity index (χ1n) is 7.86. The molecule has 0 spiro atoms. The standard InChI is InChI=1S/C17H23N5OS/c1-4-13(24-17-21-14(18)9-15(19)22-17)16(23)20-12-7-5-11(6-8-12)10(2)3/h5-10,13H,4H2,1-3H3,(H,20,23)(H4,18,19,21,22). The van der Waals surface area contributed by atoms with Crippen LogP contribution in [-0.2, 0) is 4.79 Å². The number of hydrogen-bond donors (Lipinski definition) is 3. The largest absolute Gasteiger partial charge is 0.383 e. The number of benzene rings is 1. The zero-order valence-corrected chi connectivity index (χ0v) is 14.9. The first-order valence-corrected chi connectivity index (χ1v) is 8.74. The molecule has 2 rings (SSSR count). The van der Waals surface area contributed by atoms with Gasteiger partial charge in [0.05, 0.1) is 5.25 Å². The molecule has 0 radical (unpaired) electrons. The van der Waals surface area contributed by atoms with Gasteiger partial charge in [-0.1, -0.05) is 44.7 Å². The number of rotatable bonds is 6. The van der Waals surface area contributed by atoms with Crippen molar-refractivity contribution in [1.29, 1.82) is 0 Å². The van der Waals surface area contributed by atoms with E-state index in [1.54, 1.807) is 0 Å². The zero-order valence-electron chi connectivity index (χ0n) is 14.1. The second-order valence-corrected chi connectivity index (χ2v) is 6.95. The van der Waals surface area contributed by atoms with Crippen LogP contribution >= 0.6 is 11.8 Å². The third kappa shape index (κ3) is 4.86. The van der Waals surface area contributed by atoms with Crippen LogP contribution in [0.3, 0.4) is 0 Å². The van der Waals surface area contributed by atoms with Gasteiger partial charge in [-0.25, -0.2) is 9.97 Å². The van der Waals surface area contributed by atoms with Crippen LogP contribution in [0.4, 0.5) is 17.3 Å². The summed E-state index contributed by atoms with van der Waals surface area (Å²) in [7, 11) is 0. The number of nitrogens with two attached hydrogens (primary N) is 2. The number of nitrogens with one attached hydrogen (secondary N) is 1. The smallest absolute Gasteiger partial charge is 0.237 e. The SMILES string of the molecule is CCC(Sc1nc(N)cc(N)n1)C(=O)Nc1ccc(C(C)C)cc1. The van der Waals surface area contributed by atoms with E-state index in [0.717, 1.165) is 5.69 Å². The molecule has 1 atom stereocenters. The van der Waals surface area contributed by atoms with Crippen molar-refractivity contribution < 1.29 is 4.79 Å². The van der Waals surface area contributed by atoms with Crippen LogP contribution in [-0.4, -0.2) is 21.1 Å². The Morgan fingerprint density at radius 2 is 1.75 bits per heavy atom. The zero-order chi connectivity index (χ0) is 17.7. The fraction of sp³-hybridized carbons (Fsp3) is 0.353. The van der Waals surface area contributed by atoms with E-state index in [4.69, 9.17) is 11.5 Å². The molecule has 1 amide bonds. The maximum Gasteiger partial charge on any atom is 0.237 e. The Kier molecular flexibility index (Phi) is 6.03. The summed E-state index contributed by atoms with van der Waals surface area (Å²) in [6.07, 6.45) is 0.638. The summed E-state index contributed by atoms with van der Waals surface area (Å²) in [4.78, 5) is 20.7. The van der Waals surface area contributed by atoms with Gasteiger partial charge in [-0.3, -0.25) is 4.79 Å². The van der Waals surface area contributed by atoms with Gasteiger partial charge in [-0.15, -0.1) is 0 Å². The van der Waals surface area contributed by atoms with Gasteiger partial charge in [0, 0.05) is 11.8 Å². The van der Waals surface area contributed by atoms with E-state index in [1.807, 2.05) is 31.2 Å². The van der Waals surface area contributed by atoms with E-state index >= 15 is 0 Å². The van der Waals surface area contributed by atoms with E-state index in [0.29, 0.717) is 29.1 Å². The van der Waals surface area contributed by atoms with Crippen molar-refractivity contribution in [2.45, 2.75) is 43.5 Å². The van der Waals surface area contributed by atoms with Gasteiger partial charge in [0.25, 0.3) is 0 Å². The minimum absolute atomic E-state index is 0.0932. The summed E-state index contributed by atoms with van der Waals surface area (Å²) in [5.41, 5.74) is 13.3. The predicted octanol–water partition coefficient (Wildman–Crippen LogP) is 3.27. The highest BCUT2D eigenvalue weighted by Gasteiger charge is 2.20. The summed E-state index contributed by atoms with van der Waals surface area (Å²) in [6, 6.07) is 9.37. The normalized spacial score (nSPS) is 12.2. The van der Waals surface area contributed by atoms with Gasteiger partial charge < -0.3 is 16.8 Å². The van der Waals surface area contributed by atoms with Crippen molar-refractivity contribution in [2.75, 3.05) is 16.8 Å². The number of thioether (sulfide) groups is 1. The molecule has 0 aliphatic heterocycles. The first kappa shape index (κ1) is 18.1. The Balaban J connectivity index is 2.05. The number of nitrogen functional groups attached to an aromatic ring is 2. The number of hydrogen-bond acceptors (Lipinski definition) is 6. The lowest BCUT2D eigenvalue weighted by molar-refractivity contribution is -0.115. The lowest BCUT2D eigenvalue weighted by Crippen LogP contribution is -2.25. The topological polar surface area (TPSA) is 107 Å².